The van der Waals surface area contributed by atoms with Gasteiger partial charge in [0.1, 0.15) is 4.88 Å². The SMILES string of the molecule is C=CC(=O)N1CCN(c2ncc(-c3ccc(OC)c(Nc4ncc(C(=O)Nc5c(C)cccc5Cl)s4)n3)cc2N2CCC(C)(O)C2)CC1. The van der Waals surface area contributed by atoms with Crippen molar-refractivity contribution in [1.82, 2.24) is 19.9 Å². The lowest BCUT2D eigenvalue weighted by atomic mass is 10.1. The van der Waals surface area contributed by atoms with E-state index in [4.69, 9.17) is 26.3 Å². The second-order valence-corrected chi connectivity index (χ2v) is 13.5. The molecule has 2 saturated heterocycles. The van der Waals surface area contributed by atoms with Crippen LogP contribution in [-0.4, -0.2) is 88.8 Å². The molecule has 6 rings (SSSR count). The fourth-order valence-electron chi connectivity index (χ4n) is 5.85. The minimum absolute atomic E-state index is 0.0758. The van der Waals surface area contributed by atoms with Crippen LogP contribution in [0.1, 0.15) is 28.6 Å². The van der Waals surface area contributed by atoms with Crippen molar-refractivity contribution in [2.75, 3.05) is 66.8 Å². The van der Waals surface area contributed by atoms with Crippen LogP contribution in [0.15, 0.2) is 61.4 Å². The molecule has 250 valence electrons. The lowest BCUT2D eigenvalue weighted by molar-refractivity contribution is -0.126. The Morgan fingerprint density at radius 3 is 2.58 bits per heavy atom. The highest BCUT2D eigenvalue weighted by Crippen LogP contribution is 2.38. The van der Waals surface area contributed by atoms with Crippen LogP contribution >= 0.6 is 22.9 Å². The van der Waals surface area contributed by atoms with Crippen LogP contribution in [0.5, 0.6) is 5.75 Å². The summed E-state index contributed by atoms with van der Waals surface area (Å²) in [4.78, 5) is 45.9. The number of ether oxygens (including phenoxy) is 1. The summed E-state index contributed by atoms with van der Waals surface area (Å²) in [5.41, 5.74) is 2.92. The number of piperazine rings is 1. The highest BCUT2D eigenvalue weighted by Gasteiger charge is 2.34. The molecule has 2 amide bonds. The Morgan fingerprint density at radius 2 is 1.90 bits per heavy atom. The molecular formula is C34H37ClN8O4S. The Balaban J connectivity index is 1.26. The summed E-state index contributed by atoms with van der Waals surface area (Å²) >= 11 is 7.48. The van der Waals surface area contributed by atoms with Crippen molar-refractivity contribution in [3.8, 4) is 17.0 Å². The van der Waals surface area contributed by atoms with Gasteiger partial charge in [-0.15, -0.1) is 0 Å². The normalized spacial score (nSPS) is 17.7. The number of halogens is 1. The standard InChI is InChI=1S/C34H37ClN8O4S/c1-5-28(44)41-13-15-42(16-14-41)31-25(43-12-11-34(3,46)20-43)17-22(18-36-31)24-9-10-26(47-4)30(38-24)40-33-37-19-27(48-33)32(45)39-29-21(2)7-6-8-23(29)35/h5-10,17-19,46H,1,11-16,20H2,2-4H3,(H,39,45)(H,37,38,40). The fourth-order valence-corrected chi connectivity index (χ4v) is 6.83. The number of anilines is 5. The minimum atomic E-state index is -0.812. The van der Waals surface area contributed by atoms with Gasteiger partial charge in [-0.2, -0.15) is 0 Å². The molecule has 2 aliphatic rings. The molecule has 3 N–H and O–H groups in total. The minimum Gasteiger partial charge on any atom is -0.493 e. The number of nitrogens with one attached hydrogen (secondary N) is 2. The number of carbonyl (C=O) groups is 2. The Labute approximate surface area is 288 Å². The van der Waals surface area contributed by atoms with E-state index in [0.29, 0.717) is 83.7 Å². The van der Waals surface area contributed by atoms with Gasteiger partial charge in [0.15, 0.2) is 22.5 Å². The number of pyridine rings is 2. The molecular weight excluding hydrogens is 652 g/mol. The maximum absolute atomic E-state index is 13.0. The number of methoxy groups -OCH3 is 1. The monoisotopic (exact) mass is 688 g/mol. The number of carbonyl (C=O) groups excluding carboxylic acids is 2. The first-order valence-corrected chi connectivity index (χ1v) is 16.7. The number of nitrogens with zero attached hydrogens (tertiary/aromatic N) is 6. The molecule has 48 heavy (non-hydrogen) atoms. The number of para-hydroxylation sites is 1. The van der Waals surface area contributed by atoms with Gasteiger partial charge in [0, 0.05) is 51.0 Å². The molecule has 0 aliphatic carbocycles. The van der Waals surface area contributed by atoms with Crippen molar-refractivity contribution >= 4 is 62.9 Å². The van der Waals surface area contributed by atoms with E-state index in [2.05, 4.69) is 32.0 Å². The molecule has 1 unspecified atom stereocenters. The predicted molar refractivity (Wildman–Crippen MR) is 190 cm³/mol. The van der Waals surface area contributed by atoms with E-state index in [0.717, 1.165) is 22.6 Å². The van der Waals surface area contributed by atoms with Crippen molar-refractivity contribution in [2.45, 2.75) is 25.9 Å². The average molecular weight is 689 g/mol. The van der Waals surface area contributed by atoms with Crippen molar-refractivity contribution in [3.63, 3.8) is 0 Å². The van der Waals surface area contributed by atoms with E-state index in [1.54, 1.807) is 24.3 Å². The Morgan fingerprint density at radius 1 is 1.10 bits per heavy atom. The first-order valence-electron chi connectivity index (χ1n) is 15.5. The molecule has 2 fully saturated rings. The van der Waals surface area contributed by atoms with Crippen LogP contribution < -0.4 is 25.2 Å². The van der Waals surface area contributed by atoms with Gasteiger partial charge in [-0.25, -0.2) is 15.0 Å². The lowest BCUT2D eigenvalue weighted by Crippen LogP contribution is -2.49. The highest BCUT2D eigenvalue weighted by molar-refractivity contribution is 7.17. The second-order valence-electron chi connectivity index (χ2n) is 12.0. The summed E-state index contributed by atoms with van der Waals surface area (Å²) in [7, 11) is 1.56. The van der Waals surface area contributed by atoms with E-state index >= 15 is 0 Å². The maximum Gasteiger partial charge on any atom is 0.267 e. The molecule has 14 heteroatoms. The Kier molecular flexibility index (Phi) is 9.54. The molecule has 1 aromatic carbocycles. The van der Waals surface area contributed by atoms with E-state index in [-0.39, 0.29) is 11.8 Å². The van der Waals surface area contributed by atoms with Gasteiger partial charge in [-0.1, -0.05) is 41.6 Å². The number of aryl methyl sites for hydroxylation is 1. The van der Waals surface area contributed by atoms with Crippen LogP contribution in [0, 0.1) is 6.92 Å². The maximum atomic E-state index is 13.0. The second kappa shape index (κ2) is 13.8. The number of hydrogen-bond acceptors (Lipinski definition) is 11. The molecule has 3 aromatic heterocycles. The van der Waals surface area contributed by atoms with Gasteiger partial charge in [0.05, 0.1) is 41.0 Å². The van der Waals surface area contributed by atoms with Crippen molar-refractivity contribution in [2.24, 2.45) is 0 Å². The van der Waals surface area contributed by atoms with Crippen LogP contribution in [0.4, 0.5) is 28.1 Å². The predicted octanol–water partition coefficient (Wildman–Crippen LogP) is 5.36. The molecule has 4 aromatic rings. The van der Waals surface area contributed by atoms with Gasteiger partial charge in [-0.3, -0.25) is 9.59 Å². The molecule has 2 aliphatic heterocycles. The van der Waals surface area contributed by atoms with E-state index in [1.165, 1.54) is 23.6 Å². The number of benzene rings is 1. The molecule has 0 saturated carbocycles. The summed E-state index contributed by atoms with van der Waals surface area (Å²) in [6, 6.07) is 11.2. The zero-order valence-electron chi connectivity index (χ0n) is 27.0. The molecule has 0 radical (unpaired) electrons. The number of rotatable bonds is 9. The molecule has 0 bridgehead atoms. The molecule has 0 spiro atoms. The van der Waals surface area contributed by atoms with Gasteiger partial charge in [0.25, 0.3) is 5.91 Å². The number of aromatic nitrogens is 3. The van der Waals surface area contributed by atoms with Crippen LogP contribution in [-0.2, 0) is 4.79 Å². The van der Waals surface area contributed by atoms with Crippen LogP contribution in [0.2, 0.25) is 5.02 Å². The van der Waals surface area contributed by atoms with Gasteiger partial charge >= 0.3 is 0 Å². The first kappa shape index (κ1) is 33.2. The smallest absolute Gasteiger partial charge is 0.267 e. The number of thiazole rings is 1. The van der Waals surface area contributed by atoms with E-state index < -0.39 is 5.60 Å². The van der Waals surface area contributed by atoms with E-state index in [1.807, 2.05) is 44.2 Å². The van der Waals surface area contributed by atoms with Gasteiger partial charge in [0.2, 0.25) is 5.91 Å². The highest BCUT2D eigenvalue weighted by atomic mass is 35.5. The summed E-state index contributed by atoms with van der Waals surface area (Å²) in [6.07, 6.45) is 5.27. The molecule has 1 atom stereocenters. The summed E-state index contributed by atoms with van der Waals surface area (Å²) in [5, 5.41) is 17.8. The van der Waals surface area contributed by atoms with Gasteiger partial charge < -0.3 is 35.2 Å². The molecule has 12 nitrogen and oxygen atoms in total. The van der Waals surface area contributed by atoms with Crippen molar-refractivity contribution in [1.29, 1.82) is 0 Å². The summed E-state index contributed by atoms with van der Waals surface area (Å²) in [5.74, 6) is 1.33. The Bertz CT molecular complexity index is 1840. The van der Waals surface area contributed by atoms with Gasteiger partial charge in [-0.05, 0) is 56.2 Å². The number of aliphatic hydroxyl groups is 1. The number of amides is 2. The Hall–Kier alpha value is -4.72. The molecule has 5 heterocycles. The zero-order valence-corrected chi connectivity index (χ0v) is 28.6. The van der Waals surface area contributed by atoms with Crippen molar-refractivity contribution in [3.05, 3.63) is 76.9 Å². The fraction of sp³-hybridized carbons (Fsp3) is 0.324. The largest absolute Gasteiger partial charge is 0.493 e. The average Bonchev–Trinajstić information content (AvgIpc) is 3.71. The summed E-state index contributed by atoms with van der Waals surface area (Å²) < 4.78 is 5.59. The third kappa shape index (κ3) is 7.08. The number of β-amino-alcohol motifs (C(OH)–C–C–N with tert-alkyl or cyclic N) is 1. The van der Waals surface area contributed by atoms with E-state index in [9.17, 15) is 14.7 Å². The first-order chi connectivity index (χ1) is 23.0. The quantitative estimate of drug-likeness (QED) is 0.197. The zero-order chi connectivity index (χ0) is 34.0. The van der Waals surface area contributed by atoms with Crippen LogP contribution in [0.3, 0.4) is 0 Å². The van der Waals surface area contributed by atoms with Crippen molar-refractivity contribution < 1.29 is 19.4 Å². The third-order valence-corrected chi connectivity index (χ3v) is 9.72. The number of hydrogen-bond donors (Lipinski definition) is 3. The van der Waals surface area contributed by atoms with Crippen LogP contribution in [0.25, 0.3) is 11.3 Å². The third-order valence-electron chi connectivity index (χ3n) is 8.49. The lowest BCUT2D eigenvalue weighted by Gasteiger charge is -2.37. The topological polar surface area (TPSA) is 136 Å². The summed E-state index contributed by atoms with van der Waals surface area (Å²) in [6.45, 7) is 10.9.